The van der Waals surface area contributed by atoms with Gasteiger partial charge in [-0.05, 0) is 30.0 Å². The van der Waals surface area contributed by atoms with E-state index in [4.69, 9.17) is 4.74 Å². The minimum absolute atomic E-state index is 0. The maximum absolute atomic E-state index is 5.34. The van der Waals surface area contributed by atoms with Crippen LogP contribution in [0, 0.1) is 0 Å². The van der Waals surface area contributed by atoms with Crippen LogP contribution < -0.4 is 4.74 Å². The maximum Gasteiger partial charge on any atom is 0.232 e. The molecule has 0 saturated carbocycles. The zero-order valence-electron chi connectivity index (χ0n) is 8.11. The van der Waals surface area contributed by atoms with Crippen molar-refractivity contribution in [1.82, 2.24) is 14.9 Å². The first-order valence-electron chi connectivity index (χ1n) is 3.93. The second-order valence-electron chi connectivity index (χ2n) is 2.83. The number of ether oxygens (including phenoxy) is 1. The highest BCUT2D eigenvalue weighted by molar-refractivity contribution is 9.10. The molecule has 4 nitrogen and oxygen atoms in total. The Morgan fingerprint density at radius 2 is 2.07 bits per heavy atom. The topological polar surface area (TPSA) is 38.2 Å². The van der Waals surface area contributed by atoms with Crippen LogP contribution in [0.3, 0.4) is 0 Å². The largest absolute Gasteiger partial charge is 0.475 e. The third-order valence-electron chi connectivity index (χ3n) is 1.39. The third kappa shape index (κ3) is 5.36. The minimum atomic E-state index is 0. The Hall–Kier alpha value is -0.390. The van der Waals surface area contributed by atoms with E-state index >= 15 is 0 Å². The molecule has 0 bridgehead atoms. The smallest absolute Gasteiger partial charge is 0.232 e. The summed E-state index contributed by atoms with van der Waals surface area (Å²) in [5.74, 6) is 0.560. The van der Waals surface area contributed by atoms with Gasteiger partial charge in [0.15, 0.2) is 0 Å². The second-order valence-corrected chi connectivity index (χ2v) is 3.64. The van der Waals surface area contributed by atoms with E-state index in [0.717, 1.165) is 6.54 Å². The quantitative estimate of drug-likeness (QED) is 0.841. The molecule has 0 N–H and O–H groups in total. The van der Waals surface area contributed by atoms with Gasteiger partial charge in [0.05, 0.1) is 12.4 Å². The molecule has 14 heavy (non-hydrogen) atoms. The predicted octanol–water partition coefficient (Wildman–Crippen LogP) is 1.60. The van der Waals surface area contributed by atoms with Crippen molar-refractivity contribution in [3.05, 3.63) is 17.0 Å². The SMILES string of the molecule is CN(C)CCOc1cnc(Br)cn1.Cl. The van der Waals surface area contributed by atoms with E-state index in [1.807, 2.05) is 19.0 Å². The molecule has 0 spiro atoms. The number of hydrogen-bond acceptors (Lipinski definition) is 4. The van der Waals surface area contributed by atoms with Crippen molar-refractivity contribution in [1.29, 1.82) is 0 Å². The first-order valence-corrected chi connectivity index (χ1v) is 4.73. The molecule has 0 aliphatic rings. The third-order valence-corrected chi connectivity index (χ3v) is 1.79. The lowest BCUT2D eigenvalue weighted by atomic mass is 10.6. The van der Waals surface area contributed by atoms with Crippen LogP contribution in [0.15, 0.2) is 17.0 Å². The summed E-state index contributed by atoms with van der Waals surface area (Å²) in [5.41, 5.74) is 0. The molecule has 0 aromatic carbocycles. The Labute approximate surface area is 98.2 Å². The van der Waals surface area contributed by atoms with Crippen LogP contribution in [0.4, 0.5) is 0 Å². The van der Waals surface area contributed by atoms with E-state index in [9.17, 15) is 0 Å². The van der Waals surface area contributed by atoms with Gasteiger partial charge in [-0.1, -0.05) is 0 Å². The van der Waals surface area contributed by atoms with Gasteiger partial charge in [0, 0.05) is 6.54 Å². The second kappa shape index (κ2) is 6.98. The Morgan fingerprint density at radius 1 is 1.36 bits per heavy atom. The minimum Gasteiger partial charge on any atom is -0.475 e. The van der Waals surface area contributed by atoms with Crippen molar-refractivity contribution in [2.24, 2.45) is 0 Å². The fourth-order valence-corrected chi connectivity index (χ4v) is 0.913. The van der Waals surface area contributed by atoms with Crippen molar-refractivity contribution in [2.75, 3.05) is 27.2 Å². The Kier molecular flexibility index (Phi) is 6.78. The molecule has 1 heterocycles. The molecule has 0 amide bonds. The number of nitrogens with zero attached hydrogens (tertiary/aromatic N) is 3. The molecule has 0 unspecified atom stereocenters. The molecule has 0 saturated heterocycles. The van der Waals surface area contributed by atoms with Crippen molar-refractivity contribution in [2.45, 2.75) is 0 Å². The number of halogens is 2. The molecular weight excluding hydrogens is 269 g/mol. The number of likely N-dealkylation sites (N-methyl/N-ethyl adjacent to an activating group) is 1. The van der Waals surface area contributed by atoms with Crippen LogP contribution >= 0.6 is 28.3 Å². The lowest BCUT2D eigenvalue weighted by molar-refractivity contribution is 0.253. The van der Waals surface area contributed by atoms with Gasteiger partial charge in [-0.2, -0.15) is 0 Å². The average molecular weight is 283 g/mol. The van der Waals surface area contributed by atoms with Crippen molar-refractivity contribution in [3.8, 4) is 5.88 Å². The zero-order chi connectivity index (χ0) is 9.68. The Balaban J connectivity index is 0.00000169. The standard InChI is InChI=1S/C8H12BrN3O.ClH/c1-12(2)3-4-13-8-6-10-7(9)5-11-8;/h5-6H,3-4H2,1-2H3;1H. The number of hydrogen-bond donors (Lipinski definition) is 0. The lowest BCUT2D eigenvalue weighted by Gasteiger charge is -2.09. The van der Waals surface area contributed by atoms with Gasteiger partial charge in [-0.25, -0.2) is 9.97 Å². The molecule has 1 aromatic heterocycles. The van der Waals surface area contributed by atoms with Crippen molar-refractivity contribution < 1.29 is 4.74 Å². The van der Waals surface area contributed by atoms with Gasteiger partial charge >= 0.3 is 0 Å². The highest BCUT2D eigenvalue weighted by Gasteiger charge is 1.96. The van der Waals surface area contributed by atoms with Crippen LogP contribution in [-0.4, -0.2) is 42.1 Å². The number of aromatic nitrogens is 2. The van der Waals surface area contributed by atoms with Crippen LogP contribution in [0.2, 0.25) is 0 Å². The van der Waals surface area contributed by atoms with Gasteiger partial charge in [0.25, 0.3) is 0 Å². The first kappa shape index (κ1) is 13.6. The Morgan fingerprint density at radius 3 is 2.57 bits per heavy atom. The van der Waals surface area contributed by atoms with E-state index in [0.29, 0.717) is 17.1 Å². The monoisotopic (exact) mass is 281 g/mol. The van der Waals surface area contributed by atoms with Gasteiger partial charge in [0.1, 0.15) is 11.2 Å². The fourth-order valence-electron chi connectivity index (χ4n) is 0.708. The zero-order valence-corrected chi connectivity index (χ0v) is 10.5. The Bertz CT molecular complexity index is 255. The molecule has 0 fully saturated rings. The lowest BCUT2D eigenvalue weighted by Crippen LogP contribution is -2.19. The summed E-state index contributed by atoms with van der Waals surface area (Å²) in [6.45, 7) is 1.50. The molecule has 6 heteroatoms. The summed E-state index contributed by atoms with van der Waals surface area (Å²) in [7, 11) is 3.99. The molecule has 1 aromatic rings. The van der Waals surface area contributed by atoms with E-state index in [-0.39, 0.29) is 12.4 Å². The van der Waals surface area contributed by atoms with E-state index < -0.39 is 0 Å². The van der Waals surface area contributed by atoms with Gasteiger partial charge in [0.2, 0.25) is 5.88 Å². The van der Waals surface area contributed by atoms with Gasteiger partial charge in [-0.3, -0.25) is 0 Å². The molecule has 80 valence electrons. The van der Waals surface area contributed by atoms with Crippen LogP contribution in [0.25, 0.3) is 0 Å². The highest BCUT2D eigenvalue weighted by Crippen LogP contribution is 2.07. The van der Waals surface area contributed by atoms with E-state index in [1.54, 1.807) is 12.4 Å². The van der Waals surface area contributed by atoms with Crippen molar-refractivity contribution >= 4 is 28.3 Å². The summed E-state index contributed by atoms with van der Waals surface area (Å²) >= 11 is 3.20. The van der Waals surface area contributed by atoms with Crippen LogP contribution in [0.5, 0.6) is 5.88 Å². The molecule has 0 atom stereocenters. The van der Waals surface area contributed by atoms with E-state index in [2.05, 4.69) is 25.9 Å². The molecular formula is C8H13BrClN3O. The molecule has 0 aliphatic heterocycles. The van der Waals surface area contributed by atoms with Gasteiger partial charge < -0.3 is 9.64 Å². The molecule has 0 aliphatic carbocycles. The normalized spacial score (nSPS) is 9.71. The van der Waals surface area contributed by atoms with Crippen LogP contribution in [0.1, 0.15) is 0 Å². The summed E-state index contributed by atoms with van der Waals surface area (Å²) in [4.78, 5) is 10.1. The summed E-state index contributed by atoms with van der Waals surface area (Å²) < 4.78 is 6.05. The fraction of sp³-hybridized carbons (Fsp3) is 0.500. The molecule has 1 rings (SSSR count). The highest BCUT2D eigenvalue weighted by atomic mass is 79.9. The average Bonchev–Trinajstić information content (AvgIpc) is 2.08. The van der Waals surface area contributed by atoms with Gasteiger partial charge in [-0.15, -0.1) is 12.4 Å². The van der Waals surface area contributed by atoms with E-state index in [1.165, 1.54) is 0 Å². The van der Waals surface area contributed by atoms with Crippen LogP contribution in [-0.2, 0) is 0 Å². The molecule has 0 radical (unpaired) electrons. The van der Waals surface area contributed by atoms with Crippen molar-refractivity contribution in [3.63, 3.8) is 0 Å². The number of rotatable bonds is 4. The predicted molar refractivity (Wildman–Crippen MR) is 61.0 cm³/mol. The summed E-state index contributed by atoms with van der Waals surface area (Å²) in [6.07, 6.45) is 3.21. The maximum atomic E-state index is 5.34. The summed E-state index contributed by atoms with van der Waals surface area (Å²) in [5, 5.41) is 0. The summed E-state index contributed by atoms with van der Waals surface area (Å²) in [6, 6.07) is 0. The first-order chi connectivity index (χ1) is 6.18.